The second-order valence-electron chi connectivity index (χ2n) is 4.99. The fourth-order valence-corrected chi connectivity index (χ4v) is 2.64. The van der Waals surface area contributed by atoms with Gasteiger partial charge in [-0.25, -0.2) is 0 Å². The highest BCUT2D eigenvalue weighted by molar-refractivity contribution is 5.16. The van der Waals surface area contributed by atoms with Gasteiger partial charge >= 0.3 is 0 Å². The van der Waals surface area contributed by atoms with Crippen LogP contribution in [0.4, 0.5) is 0 Å². The van der Waals surface area contributed by atoms with Gasteiger partial charge in [-0.3, -0.25) is 4.90 Å². The lowest BCUT2D eigenvalue weighted by Gasteiger charge is -2.33. The zero-order chi connectivity index (χ0) is 13.1. The lowest BCUT2D eigenvalue weighted by Crippen LogP contribution is -2.46. The second-order valence-corrected chi connectivity index (χ2v) is 4.99. The maximum absolute atomic E-state index is 5.96. The molecule has 2 aromatic rings. The number of rotatable bonds is 4. The highest BCUT2D eigenvalue weighted by atomic mass is 15.3. The van der Waals surface area contributed by atoms with Gasteiger partial charge in [0.1, 0.15) is 12.2 Å². The average molecular weight is 257 g/mol. The molecule has 0 aliphatic carbocycles. The first kappa shape index (κ1) is 12.3. The smallest absolute Gasteiger partial charge is 0.147 e. The summed E-state index contributed by atoms with van der Waals surface area (Å²) >= 11 is 0. The Morgan fingerprint density at radius 1 is 1.21 bits per heavy atom. The number of nitrogens with zero attached hydrogens (tertiary/aromatic N) is 4. The number of fused-ring (bicyclic) bond motifs is 1. The van der Waals surface area contributed by atoms with Crippen molar-refractivity contribution in [3.63, 3.8) is 0 Å². The summed E-state index contributed by atoms with van der Waals surface area (Å²) in [6.45, 7) is 3.48. The van der Waals surface area contributed by atoms with Crippen LogP contribution in [0.25, 0.3) is 0 Å². The number of nitrogens with two attached hydrogens (primary N) is 1. The van der Waals surface area contributed by atoms with Gasteiger partial charge in [0.05, 0.1) is 6.54 Å². The topological polar surface area (TPSA) is 60.0 Å². The molecule has 0 bridgehead atoms. The van der Waals surface area contributed by atoms with Crippen molar-refractivity contribution in [1.82, 2.24) is 19.7 Å². The van der Waals surface area contributed by atoms with Crippen LogP contribution < -0.4 is 5.73 Å². The second kappa shape index (κ2) is 5.50. The number of hydrogen-bond acceptors (Lipinski definition) is 4. The van der Waals surface area contributed by atoms with E-state index >= 15 is 0 Å². The average Bonchev–Trinajstić information content (AvgIpc) is 2.93. The highest BCUT2D eigenvalue weighted by Gasteiger charge is 2.23. The highest BCUT2D eigenvalue weighted by Crippen LogP contribution is 2.15. The van der Waals surface area contributed by atoms with Crippen molar-refractivity contribution in [2.45, 2.75) is 25.6 Å². The molecule has 19 heavy (non-hydrogen) atoms. The van der Waals surface area contributed by atoms with E-state index in [1.54, 1.807) is 6.33 Å². The fourth-order valence-electron chi connectivity index (χ4n) is 2.64. The molecule has 0 amide bonds. The molecule has 0 fully saturated rings. The molecule has 1 atom stereocenters. The molecule has 5 heteroatoms. The Labute approximate surface area is 113 Å². The minimum Gasteiger partial charge on any atom is -0.329 e. The minimum atomic E-state index is 0.368. The molecule has 1 unspecified atom stereocenters. The number of aromatic nitrogens is 3. The zero-order valence-electron chi connectivity index (χ0n) is 10.9. The van der Waals surface area contributed by atoms with Gasteiger partial charge in [-0.2, -0.15) is 0 Å². The van der Waals surface area contributed by atoms with E-state index in [0.29, 0.717) is 12.6 Å². The first-order valence-electron chi connectivity index (χ1n) is 6.71. The Bertz CT molecular complexity index is 522. The predicted molar refractivity (Wildman–Crippen MR) is 73.4 cm³/mol. The first-order chi connectivity index (χ1) is 9.36. The molecule has 5 nitrogen and oxygen atoms in total. The van der Waals surface area contributed by atoms with Gasteiger partial charge in [-0.1, -0.05) is 30.3 Å². The van der Waals surface area contributed by atoms with Crippen molar-refractivity contribution in [1.29, 1.82) is 0 Å². The summed E-state index contributed by atoms with van der Waals surface area (Å²) in [5.41, 5.74) is 7.30. The molecule has 0 radical (unpaired) electrons. The largest absolute Gasteiger partial charge is 0.329 e. The van der Waals surface area contributed by atoms with Crippen LogP contribution in [0.2, 0.25) is 0 Å². The third-order valence-electron chi connectivity index (χ3n) is 3.77. The predicted octanol–water partition coefficient (Wildman–Crippen LogP) is 0.664. The maximum atomic E-state index is 5.96. The van der Waals surface area contributed by atoms with Crippen LogP contribution >= 0.6 is 0 Å². The molecule has 2 heterocycles. The van der Waals surface area contributed by atoms with E-state index in [2.05, 4.69) is 43.9 Å². The Morgan fingerprint density at radius 2 is 2.05 bits per heavy atom. The Kier molecular flexibility index (Phi) is 3.57. The Hall–Kier alpha value is -1.72. The van der Waals surface area contributed by atoms with Crippen molar-refractivity contribution in [3.05, 3.63) is 48.0 Å². The van der Waals surface area contributed by atoms with Crippen molar-refractivity contribution in [2.24, 2.45) is 5.73 Å². The maximum Gasteiger partial charge on any atom is 0.147 e. The van der Waals surface area contributed by atoms with E-state index in [4.69, 9.17) is 5.73 Å². The van der Waals surface area contributed by atoms with Crippen LogP contribution in [-0.2, 0) is 19.5 Å². The van der Waals surface area contributed by atoms with Crippen LogP contribution in [0.1, 0.15) is 11.4 Å². The molecule has 0 spiro atoms. The molecule has 2 N–H and O–H groups in total. The molecule has 0 saturated heterocycles. The molecular weight excluding hydrogens is 238 g/mol. The van der Waals surface area contributed by atoms with E-state index in [1.165, 1.54) is 5.56 Å². The minimum absolute atomic E-state index is 0.368. The first-order valence-corrected chi connectivity index (χ1v) is 6.71. The van der Waals surface area contributed by atoms with Crippen molar-refractivity contribution in [3.8, 4) is 0 Å². The van der Waals surface area contributed by atoms with E-state index in [-0.39, 0.29) is 0 Å². The fraction of sp³-hybridized carbons (Fsp3) is 0.429. The van der Waals surface area contributed by atoms with E-state index < -0.39 is 0 Å². The molecule has 1 aliphatic rings. The zero-order valence-corrected chi connectivity index (χ0v) is 10.9. The summed E-state index contributed by atoms with van der Waals surface area (Å²) < 4.78 is 2.12. The van der Waals surface area contributed by atoms with Crippen LogP contribution in [0.3, 0.4) is 0 Å². The van der Waals surface area contributed by atoms with Gasteiger partial charge in [0.15, 0.2) is 0 Å². The van der Waals surface area contributed by atoms with Crippen molar-refractivity contribution < 1.29 is 0 Å². The monoisotopic (exact) mass is 257 g/mol. The molecular formula is C14H19N5. The van der Waals surface area contributed by atoms with Crippen LogP contribution in [0.5, 0.6) is 0 Å². The van der Waals surface area contributed by atoms with E-state index in [0.717, 1.165) is 31.9 Å². The van der Waals surface area contributed by atoms with E-state index in [1.807, 2.05) is 6.07 Å². The summed E-state index contributed by atoms with van der Waals surface area (Å²) in [5, 5.41) is 8.12. The lowest BCUT2D eigenvalue weighted by molar-refractivity contribution is 0.155. The van der Waals surface area contributed by atoms with Crippen molar-refractivity contribution in [2.75, 3.05) is 13.1 Å². The number of benzene rings is 1. The van der Waals surface area contributed by atoms with Gasteiger partial charge in [0.2, 0.25) is 0 Å². The third-order valence-corrected chi connectivity index (χ3v) is 3.77. The van der Waals surface area contributed by atoms with Crippen molar-refractivity contribution >= 4 is 0 Å². The summed E-state index contributed by atoms with van der Waals surface area (Å²) in [7, 11) is 0. The van der Waals surface area contributed by atoms with Gasteiger partial charge in [-0.05, 0) is 12.0 Å². The summed E-state index contributed by atoms with van der Waals surface area (Å²) in [6.07, 6.45) is 2.80. The summed E-state index contributed by atoms with van der Waals surface area (Å²) in [5.74, 6) is 1.04. The normalized spacial score (nSPS) is 17.1. The Morgan fingerprint density at radius 3 is 2.84 bits per heavy atom. The molecule has 1 aliphatic heterocycles. The van der Waals surface area contributed by atoms with Crippen LogP contribution in [0.15, 0.2) is 36.7 Å². The Balaban J connectivity index is 1.70. The number of hydrogen-bond donors (Lipinski definition) is 1. The van der Waals surface area contributed by atoms with E-state index in [9.17, 15) is 0 Å². The van der Waals surface area contributed by atoms with Gasteiger partial charge in [0.25, 0.3) is 0 Å². The quantitative estimate of drug-likeness (QED) is 0.874. The molecule has 0 saturated carbocycles. The summed E-state index contributed by atoms with van der Waals surface area (Å²) in [6, 6.07) is 10.9. The van der Waals surface area contributed by atoms with Gasteiger partial charge in [0, 0.05) is 25.7 Å². The third kappa shape index (κ3) is 2.67. The van der Waals surface area contributed by atoms with Gasteiger partial charge in [-0.15, -0.1) is 10.2 Å². The van der Waals surface area contributed by atoms with Crippen LogP contribution in [0, 0.1) is 0 Å². The molecule has 3 rings (SSSR count). The molecule has 100 valence electrons. The summed E-state index contributed by atoms with van der Waals surface area (Å²) in [4.78, 5) is 2.41. The van der Waals surface area contributed by atoms with Crippen LogP contribution in [-0.4, -0.2) is 38.8 Å². The SMILES string of the molecule is NCC(Cc1ccccc1)N1CCn2cnnc2C1. The lowest BCUT2D eigenvalue weighted by atomic mass is 10.0. The molecule has 1 aromatic heterocycles. The standard InChI is InChI=1S/C14H19N5/c15-9-13(8-12-4-2-1-3-5-12)18-6-7-19-11-16-17-14(19)10-18/h1-5,11,13H,6-10,15H2. The molecule has 1 aromatic carbocycles. The van der Waals surface area contributed by atoms with Gasteiger partial charge < -0.3 is 10.3 Å².